The van der Waals surface area contributed by atoms with E-state index in [2.05, 4.69) is 5.32 Å². The van der Waals surface area contributed by atoms with Gasteiger partial charge < -0.3 is 11.1 Å². The van der Waals surface area contributed by atoms with Gasteiger partial charge in [0, 0.05) is 11.8 Å². The molecule has 2 rings (SSSR count). The SMILES string of the molecule is Nc1ccc(C(=O)Nc2ccccc2[N+](=O)[O-])c(F)c1. The average molecular weight is 275 g/mol. The van der Waals surface area contributed by atoms with Crippen LogP contribution < -0.4 is 11.1 Å². The molecule has 0 aliphatic carbocycles. The summed E-state index contributed by atoms with van der Waals surface area (Å²) in [7, 11) is 0. The van der Waals surface area contributed by atoms with Gasteiger partial charge in [0.2, 0.25) is 0 Å². The third-order valence-electron chi connectivity index (χ3n) is 2.59. The predicted octanol–water partition coefficient (Wildman–Crippen LogP) is 2.57. The second-order valence-corrected chi connectivity index (χ2v) is 3.97. The Bertz CT molecular complexity index is 688. The average Bonchev–Trinajstić information content (AvgIpc) is 2.38. The van der Waals surface area contributed by atoms with Crippen LogP contribution in [-0.4, -0.2) is 10.8 Å². The molecule has 0 spiro atoms. The number of nitro groups is 1. The van der Waals surface area contributed by atoms with Crippen LogP contribution in [0, 0.1) is 15.9 Å². The minimum Gasteiger partial charge on any atom is -0.399 e. The van der Waals surface area contributed by atoms with Crippen LogP contribution in [0.15, 0.2) is 42.5 Å². The Morgan fingerprint density at radius 1 is 1.25 bits per heavy atom. The van der Waals surface area contributed by atoms with Crippen molar-refractivity contribution in [2.75, 3.05) is 11.1 Å². The maximum atomic E-state index is 13.6. The van der Waals surface area contributed by atoms with E-state index >= 15 is 0 Å². The summed E-state index contributed by atoms with van der Waals surface area (Å²) < 4.78 is 13.6. The molecule has 102 valence electrons. The molecule has 3 N–H and O–H groups in total. The van der Waals surface area contributed by atoms with Crippen molar-refractivity contribution < 1.29 is 14.1 Å². The van der Waals surface area contributed by atoms with Gasteiger partial charge in [0.15, 0.2) is 0 Å². The molecular formula is C13H10FN3O3. The van der Waals surface area contributed by atoms with Gasteiger partial charge in [-0.3, -0.25) is 14.9 Å². The maximum absolute atomic E-state index is 13.6. The van der Waals surface area contributed by atoms with Crippen LogP contribution in [0.5, 0.6) is 0 Å². The molecule has 0 aliphatic rings. The van der Waals surface area contributed by atoms with Crippen molar-refractivity contribution >= 4 is 23.0 Å². The number of nitrogens with one attached hydrogen (secondary N) is 1. The molecular weight excluding hydrogens is 265 g/mol. The Hall–Kier alpha value is -2.96. The van der Waals surface area contributed by atoms with Crippen molar-refractivity contribution in [3.8, 4) is 0 Å². The first-order valence-corrected chi connectivity index (χ1v) is 5.59. The lowest BCUT2D eigenvalue weighted by Crippen LogP contribution is -2.15. The van der Waals surface area contributed by atoms with Crippen LogP contribution in [0.4, 0.5) is 21.5 Å². The van der Waals surface area contributed by atoms with Crippen LogP contribution in [-0.2, 0) is 0 Å². The Labute approximate surface area is 113 Å². The van der Waals surface area contributed by atoms with Gasteiger partial charge in [0.05, 0.1) is 10.5 Å². The minimum atomic E-state index is -0.791. The van der Waals surface area contributed by atoms with Crippen LogP contribution in [0.25, 0.3) is 0 Å². The molecule has 6 nitrogen and oxygen atoms in total. The van der Waals surface area contributed by atoms with E-state index in [1.807, 2.05) is 0 Å². The molecule has 0 radical (unpaired) electrons. The van der Waals surface area contributed by atoms with Crippen LogP contribution in [0.1, 0.15) is 10.4 Å². The number of halogens is 1. The number of para-hydroxylation sites is 2. The van der Waals surface area contributed by atoms with E-state index in [0.717, 1.165) is 6.07 Å². The highest BCUT2D eigenvalue weighted by atomic mass is 19.1. The van der Waals surface area contributed by atoms with Crippen LogP contribution in [0.2, 0.25) is 0 Å². The summed E-state index contributed by atoms with van der Waals surface area (Å²) in [4.78, 5) is 22.1. The van der Waals surface area contributed by atoms with Gasteiger partial charge >= 0.3 is 0 Å². The van der Waals surface area contributed by atoms with Crippen molar-refractivity contribution in [2.45, 2.75) is 0 Å². The maximum Gasteiger partial charge on any atom is 0.292 e. The normalized spacial score (nSPS) is 10.1. The van der Waals surface area contributed by atoms with E-state index in [0.29, 0.717) is 0 Å². The zero-order valence-corrected chi connectivity index (χ0v) is 10.2. The number of hydrogen-bond donors (Lipinski definition) is 2. The quantitative estimate of drug-likeness (QED) is 0.511. The summed E-state index contributed by atoms with van der Waals surface area (Å²) in [5.41, 5.74) is 5.06. The van der Waals surface area contributed by atoms with Gasteiger partial charge in [-0.25, -0.2) is 4.39 Å². The van der Waals surface area contributed by atoms with Gasteiger partial charge in [0.1, 0.15) is 11.5 Å². The van der Waals surface area contributed by atoms with Gasteiger partial charge in [-0.15, -0.1) is 0 Å². The molecule has 0 atom stereocenters. The fourth-order valence-electron chi connectivity index (χ4n) is 1.64. The highest BCUT2D eigenvalue weighted by molar-refractivity contribution is 6.05. The summed E-state index contributed by atoms with van der Waals surface area (Å²) in [6.45, 7) is 0. The van der Waals surface area contributed by atoms with E-state index < -0.39 is 16.6 Å². The van der Waals surface area contributed by atoms with E-state index in [1.54, 1.807) is 0 Å². The van der Waals surface area contributed by atoms with Gasteiger partial charge in [-0.05, 0) is 24.3 Å². The third-order valence-corrected chi connectivity index (χ3v) is 2.59. The lowest BCUT2D eigenvalue weighted by Gasteiger charge is -2.07. The number of carbonyl (C=O) groups excluding carboxylic acids is 1. The van der Waals surface area contributed by atoms with E-state index in [9.17, 15) is 19.3 Å². The molecule has 7 heteroatoms. The van der Waals surface area contributed by atoms with E-state index in [1.165, 1.54) is 36.4 Å². The third kappa shape index (κ3) is 2.72. The van der Waals surface area contributed by atoms with E-state index in [4.69, 9.17) is 5.73 Å². The number of nitrogens with zero attached hydrogens (tertiary/aromatic N) is 1. The highest BCUT2D eigenvalue weighted by Crippen LogP contribution is 2.24. The monoisotopic (exact) mass is 275 g/mol. The molecule has 2 aromatic rings. The summed E-state index contributed by atoms with van der Waals surface area (Å²) in [5, 5.41) is 13.1. The fraction of sp³-hybridized carbons (Fsp3) is 0. The number of carbonyl (C=O) groups is 1. The Morgan fingerprint density at radius 2 is 1.95 bits per heavy atom. The number of rotatable bonds is 3. The first-order valence-electron chi connectivity index (χ1n) is 5.59. The molecule has 0 saturated carbocycles. The summed E-state index contributed by atoms with van der Waals surface area (Å²) in [6, 6.07) is 9.21. The summed E-state index contributed by atoms with van der Waals surface area (Å²) >= 11 is 0. The van der Waals surface area contributed by atoms with E-state index in [-0.39, 0.29) is 22.6 Å². The molecule has 0 unspecified atom stereocenters. The smallest absolute Gasteiger partial charge is 0.292 e. The molecule has 0 bridgehead atoms. The van der Waals surface area contributed by atoms with Gasteiger partial charge in [0.25, 0.3) is 11.6 Å². The number of nitrogens with two attached hydrogens (primary N) is 1. The highest BCUT2D eigenvalue weighted by Gasteiger charge is 2.17. The van der Waals surface area contributed by atoms with Crippen LogP contribution in [0.3, 0.4) is 0 Å². The molecule has 0 heterocycles. The van der Waals surface area contributed by atoms with Crippen molar-refractivity contribution in [2.24, 2.45) is 0 Å². The molecule has 20 heavy (non-hydrogen) atoms. The molecule has 0 saturated heterocycles. The van der Waals surface area contributed by atoms with Crippen molar-refractivity contribution in [3.63, 3.8) is 0 Å². The van der Waals surface area contributed by atoms with Crippen LogP contribution >= 0.6 is 0 Å². The zero-order valence-electron chi connectivity index (χ0n) is 10.2. The molecule has 2 aromatic carbocycles. The summed E-state index contributed by atoms with van der Waals surface area (Å²) in [5.74, 6) is -1.57. The lowest BCUT2D eigenvalue weighted by atomic mass is 10.1. The standard InChI is InChI=1S/C13H10FN3O3/c14-10-7-8(15)5-6-9(10)13(18)16-11-3-1-2-4-12(11)17(19)20/h1-7H,15H2,(H,16,18). The molecule has 1 amide bonds. The topological polar surface area (TPSA) is 98.3 Å². The van der Waals surface area contributed by atoms with Gasteiger partial charge in [-0.2, -0.15) is 0 Å². The second-order valence-electron chi connectivity index (χ2n) is 3.97. The molecule has 0 aliphatic heterocycles. The predicted molar refractivity (Wildman–Crippen MR) is 71.9 cm³/mol. The first kappa shape index (κ1) is 13.5. The Kier molecular flexibility index (Phi) is 3.60. The number of hydrogen-bond acceptors (Lipinski definition) is 4. The Balaban J connectivity index is 2.30. The molecule has 0 aromatic heterocycles. The number of nitro benzene ring substituents is 1. The molecule has 0 fully saturated rings. The van der Waals surface area contributed by atoms with Crippen molar-refractivity contribution in [1.29, 1.82) is 0 Å². The van der Waals surface area contributed by atoms with Crippen molar-refractivity contribution in [3.05, 3.63) is 64.0 Å². The number of nitrogen functional groups attached to an aromatic ring is 1. The lowest BCUT2D eigenvalue weighted by molar-refractivity contribution is -0.383. The fourth-order valence-corrected chi connectivity index (χ4v) is 1.64. The number of benzene rings is 2. The Morgan fingerprint density at radius 3 is 2.60 bits per heavy atom. The largest absolute Gasteiger partial charge is 0.399 e. The summed E-state index contributed by atoms with van der Waals surface area (Å²) in [6.07, 6.45) is 0. The van der Waals surface area contributed by atoms with Crippen molar-refractivity contribution in [1.82, 2.24) is 0 Å². The number of anilines is 2. The number of amides is 1. The minimum absolute atomic E-state index is 0.00118. The van der Waals surface area contributed by atoms with Gasteiger partial charge in [-0.1, -0.05) is 12.1 Å². The second kappa shape index (κ2) is 5.35. The zero-order chi connectivity index (χ0) is 14.7. The first-order chi connectivity index (χ1) is 9.49.